The largest absolute Gasteiger partial charge is 0.765 e. The molecule has 0 spiro atoms. The minimum Gasteiger partial charge on any atom is -0.765 e. The number of benzene rings is 1. The second kappa shape index (κ2) is 8.53. The van der Waals surface area contributed by atoms with Crippen molar-refractivity contribution in [1.82, 2.24) is 11.3 Å². The molecule has 33 heavy (non-hydrogen) atoms. The van der Waals surface area contributed by atoms with E-state index in [1.54, 1.807) is 0 Å². The van der Waals surface area contributed by atoms with Gasteiger partial charge in [0.25, 0.3) is 0 Å². The summed E-state index contributed by atoms with van der Waals surface area (Å²) in [6.07, 6.45) is -9.65. The molecule has 0 saturated carbocycles. The second-order valence-electron chi connectivity index (χ2n) is 6.59. The van der Waals surface area contributed by atoms with Gasteiger partial charge < -0.3 is 19.5 Å². The SMILES string of the molecule is Cc1cc(S(F)(F)(F)(F)F)cc2c1O[C@H](C(F)(F)F)C(C(=O)OC(CON[O-])CONO)=C2. The third-order valence-corrected chi connectivity index (χ3v) is 5.15. The lowest BCUT2D eigenvalue weighted by atomic mass is 9.99. The molecule has 3 N–H and O–H groups in total. The fourth-order valence-electron chi connectivity index (χ4n) is 2.68. The van der Waals surface area contributed by atoms with E-state index in [9.17, 15) is 42.6 Å². The van der Waals surface area contributed by atoms with Crippen LogP contribution >= 0.6 is 10.2 Å². The van der Waals surface area contributed by atoms with Crippen molar-refractivity contribution in [3.8, 4) is 5.75 Å². The van der Waals surface area contributed by atoms with Gasteiger partial charge in [-0.3, -0.25) is 15.7 Å². The van der Waals surface area contributed by atoms with Crippen LogP contribution in [0.25, 0.3) is 6.08 Å². The van der Waals surface area contributed by atoms with Crippen LogP contribution in [0.2, 0.25) is 0 Å². The van der Waals surface area contributed by atoms with Crippen molar-refractivity contribution in [2.24, 2.45) is 0 Å². The van der Waals surface area contributed by atoms with E-state index in [4.69, 9.17) is 5.21 Å². The van der Waals surface area contributed by atoms with Gasteiger partial charge in [0, 0.05) is 5.56 Å². The maximum atomic E-state index is 13.5. The molecule has 0 fully saturated rings. The van der Waals surface area contributed by atoms with Gasteiger partial charge in [0.1, 0.15) is 23.9 Å². The van der Waals surface area contributed by atoms with Crippen LogP contribution in [0.1, 0.15) is 11.1 Å². The molecule has 18 heteroatoms. The maximum absolute atomic E-state index is 13.5. The molecule has 1 heterocycles. The standard InChI is InChI=1S/C15H15F8N2O7S/c1-7-2-10(33(19,20,21,22)23)3-8-4-11(13(15(16,17)18)32-12(7)8)14(26)31-9(5-29-24-27)6-30-25-28/h2-4,9,13,24-25,27H,5-6H2,1H3/q-1/t9?,13-/m0/s1. The van der Waals surface area contributed by atoms with E-state index in [0.717, 1.165) is 12.6 Å². The summed E-state index contributed by atoms with van der Waals surface area (Å²) in [6, 6.07) is -0.210. The molecule has 1 aromatic rings. The van der Waals surface area contributed by atoms with E-state index < -0.39 is 75.1 Å². The number of carbonyl (C=O) groups excluding carboxylic acids is 1. The first kappa shape index (κ1) is 27.0. The Morgan fingerprint density at radius 3 is 2.33 bits per heavy atom. The van der Waals surface area contributed by atoms with Crippen LogP contribution < -0.4 is 16.0 Å². The minimum atomic E-state index is -10.2. The Morgan fingerprint density at radius 1 is 1.21 bits per heavy atom. The lowest BCUT2D eigenvalue weighted by Gasteiger charge is -2.41. The molecule has 0 radical (unpaired) electrons. The Morgan fingerprint density at radius 2 is 1.82 bits per heavy atom. The molecule has 0 amide bonds. The van der Waals surface area contributed by atoms with Crippen LogP contribution in [0, 0.1) is 12.1 Å². The van der Waals surface area contributed by atoms with Crippen molar-refractivity contribution in [2.75, 3.05) is 13.2 Å². The summed E-state index contributed by atoms with van der Waals surface area (Å²) >= 11 is 0. The number of hydrogen-bond acceptors (Lipinski definition) is 9. The zero-order valence-corrected chi connectivity index (χ0v) is 16.9. The van der Waals surface area contributed by atoms with E-state index in [1.165, 1.54) is 5.64 Å². The lowest BCUT2D eigenvalue weighted by Crippen LogP contribution is -2.42. The summed E-state index contributed by atoms with van der Waals surface area (Å²) in [6.45, 7) is -0.746. The van der Waals surface area contributed by atoms with Gasteiger partial charge in [0.05, 0.1) is 5.57 Å². The van der Waals surface area contributed by atoms with Gasteiger partial charge in [0.15, 0.2) is 6.10 Å². The first-order valence-corrected chi connectivity index (χ1v) is 10.4. The van der Waals surface area contributed by atoms with Crippen LogP contribution in [0.5, 0.6) is 5.75 Å². The number of hydrogen-bond donors (Lipinski definition) is 3. The molecule has 0 bridgehead atoms. The molecule has 0 aliphatic carbocycles. The van der Waals surface area contributed by atoms with Crippen LogP contribution in [-0.4, -0.2) is 42.8 Å². The third kappa shape index (κ3) is 6.88. The van der Waals surface area contributed by atoms with Crippen LogP contribution in [0.3, 0.4) is 0 Å². The minimum absolute atomic E-state index is 0.0620. The number of aryl methyl sites for hydroxylation is 1. The molecule has 1 aliphatic rings. The van der Waals surface area contributed by atoms with Crippen LogP contribution in [0.4, 0.5) is 32.6 Å². The Bertz CT molecular complexity index is 931. The first-order valence-electron chi connectivity index (χ1n) is 8.42. The van der Waals surface area contributed by atoms with Crippen LogP contribution in [-0.2, 0) is 19.2 Å². The third-order valence-electron chi connectivity index (χ3n) is 4.02. The van der Waals surface area contributed by atoms with E-state index >= 15 is 0 Å². The number of halogens is 8. The quantitative estimate of drug-likeness (QED) is 0.250. The summed E-state index contributed by atoms with van der Waals surface area (Å²) in [7, 11) is -10.2. The maximum Gasteiger partial charge on any atom is 0.430 e. The predicted molar refractivity (Wildman–Crippen MR) is 94.2 cm³/mol. The highest BCUT2D eigenvalue weighted by atomic mass is 32.5. The van der Waals surface area contributed by atoms with Crippen molar-refractivity contribution in [3.63, 3.8) is 0 Å². The second-order valence-corrected chi connectivity index (χ2v) is 9.00. The van der Waals surface area contributed by atoms with Crippen molar-refractivity contribution >= 4 is 22.3 Å². The van der Waals surface area contributed by atoms with Gasteiger partial charge >= 0.3 is 22.4 Å². The number of fused-ring (bicyclic) bond motifs is 1. The zero-order valence-electron chi connectivity index (χ0n) is 16.1. The fourth-order valence-corrected chi connectivity index (χ4v) is 3.43. The van der Waals surface area contributed by atoms with Gasteiger partial charge in [-0.1, -0.05) is 25.1 Å². The lowest BCUT2D eigenvalue weighted by molar-refractivity contribution is -0.193. The molecular formula is C15H15F8N2O7S-. The van der Waals surface area contributed by atoms with E-state index in [0.29, 0.717) is 0 Å². The molecule has 0 aromatic heterocycles. The molecule has 9 nitrogen and oxygen atoms in total. The van der Waals surface area contributed by atoms with Crippen molar-refractivity contribution in [3.05, 3.63) is 34.0 Å². The average molecular weight is 519 g/mol. The molecule has 2 atom stereocenters. The molecule has 190 valence electrons. The topological polar surface area (TPSA) is 121 Å². The molecule has 0 saturated heterocycles. The summed E-state index contributed by atoms with van der Waals surface area (Å²) in [4.78, 5) is 18.4. The zero-order chi connectivity index (χ0) is 25.3. The van der Waals surface area contributed by atoms with Crippen molar-refractivity contribution in [1.29, 1.82) is 0 Å². The molecule has 1 aromatic carbocycles. The highest BCUT2D eigenvalue weighted by Crippen LogP contribution is 3.02. The highest BCUT2D eigenvalue weighted by Gasteiger charge is 2.65. The number of rotatable bonds is 9. The van der Waals surface area contributed by atoms with E-state index in [2.05, 4.69) is 19.1 Å². The monoisotopic (exact) mass is 519 g/mol. The summed E-state index contributed by atoms with van der Waals surface area (Å²) in [5.41, 5.74) is -0.854. The Hall–Kier alpha value is -2.22. The number of alkyl halides is 3. The van der Waals surface area contributed by atoms with Gasteiger partial charge in [-0.15, -0.1) is 0 Å². The highest BCUT2D eigenvalue weighted by molar-refractivity contribution is 8.45. The molecule has 1 aliphatic heterocycles. The summed E-state index contributed by atoms with van der Waals surface area (Å²) in [5, 5.41) is 18.5. The van der Waals surface area contributed by atoms with E-state index in [-0.39, 0.29) is 18.2 Å². The first-order chi connectivity index (χ1) is 14.9. The molecular weight excluding hydrogens is 504 g/mol. The summed E-state index contributed by atoms with van der Waals surface area (Å²) < 4.78 is 116. The summed E-state index contributed by atoms with van der Waals surface area (Å²) in [5.74, 6) is -2.61. The number of nitrogens with one attached hydrogen (secondary N) is 2. The Balaban J connectivity index is 2.53. The Labute approximate surface area is 179 Å². The van der Waals surface area contributed by atoms with Gasteiger partial charge in [-0.2, -0.15) is 13.2 Å². The van der Waals surface area contributed by atoms with Crippen LogP contribution in [0.15, 0.2) is 22.6 Å². The van der Waals surface area contributed by atoms with Crippen molar-refractivity contribution in [2.45, 2.75) is 30.2 Å². The van der Waals surface area contributed by atoms with E-state index in [1.807, 2.05) is 0 Å². The Kier molecular flexibility index (Phi) is 6.98. The number of carbonyl (C=O) groups is 1. The van der Waals surface area contributed by atoms with Gasteiger partial charge in [0.2, 0.25) is 6.10 Å². The number of esters is 1. The van der Waals surface area contributed by atoms with Crippen molar-refractivity contribution < 1.29 is 61.8 Å². The van der Waals surface area contributed by atoms with Gasteiger partial charge in [-0.25, -0.2) is 4.79 Å². The normalized spacial score (nSPS) is 19.5. The average Bonchev–Trinajstić information content (AvgIpc) is 2.66. The van der Waals surface area contributed by atoms with Gasteiger partial charge in [-0.05, 0) is 30.7 Å². The smallest absolute Gasteiger partial charge is 0.430 e. The number of ether oxygens (including phenoxy) is 2. The molecule has 1 unspecified atom stereocenters. The predicted octanol–water partition coefficient (Wildman–Crippen LogP) is 4.20. The molecule has 2 rings (SSSR count). The fraction of sp³-hybridized carbons (Fsp3) is 0.400.